The van der Waals surface area contributed by atoms with E-state index < -0.39 is 0 Å². The molecule has 4 nitrogen and oxygen atoms in total. The Labute approximate surface area is 88.9 Å². The lowest BCUT2D eigenvalue weighted by atomic mass is 10.1. The average molecular weight is 203 g/mol. The van der Waals surface area contributed by atoms with Crippen molar-refractivity contribution in [2.75, 3.05) is 0 Å². The number of carbonyl (C=O) groups excluding carboxylic acids is 1. The molecule has 1 unspecified atom stereocenters. The summed E-state index contributed by atoms with van der Waals surface area (Å²) in [5.41, 5.74) is 0.383. The van der Waals surface area contributed by atoms with Crippen molar-refractivity contribution in [1.29, 1.82) is 5.26 Å². The highest BCUT2D eigenvalue weighted by atomic mass is 16.1. The van der Waals surface area contributed by atoms with E-state index in [9.17, 15) is 4.79 Å². The van der Waals surface area contributed by atoms with Crippen LogP contribution in [0.25, 0.3) is 0 Å². The fraction of sp³-hybridized carbons (Fsp3) is 0.364. The number of rotatable bonds is 4. The molecule has 0 aromatic carbocycles. The molecule has 1 aromatic heterocycles. The van der Waals surface area contributed by atoms with Gasteiger partial charge in [-0.1, -0.05) is 13.0 Å². The second-order valence-electron chi connectivity index (χ2n) is 3.16. The summed E-state index contributed by atoms with van der Waals surface area (Å²) in [5.74, 6) is -0.224. The predicted octanol–water partition coefficient (Wildman–Crippen LogP) is 1.50. The standard InChI is InChI=1S/C11H13N3O/c1-2-9(6-7-12)14-11(15)10-5-3-4-8-13-10/h3-5,8-9H,2,6H2,1H3,(H,14,15). The van der Waals surface area contributed by atoms with Crippen LogP contribution in [0.2, 0.25) is 0 Å². The summed E-state index contributed by atoms with van der Waals surface area (Å²) < 4.78 is 0. The maximum Gasteiger partial charge on any atom is 0.270 e. The van der Waals surface area contributed by atoms with Gasteiger partial charge in [-0.3, -0.25) is 9.78 Å². The minimum absolute atomic E-state index is 0.0930. The quantitative estimate of drug-likeness (QED) is 0.806. The summed E-state index contributed by atoms with van der Waals surface area (Å²) in [6.07, 6.45) is 2.64. The second kappa shape index (κ2) is 5.76. The van der Waals surface area contributed by atoms with E-state index in [4.69, 9.17) is 5.26 Å². The molecule has 4 heteroatoms. The van der Waals surface area contributed by atoms with Gasteiger partial charge in [0.05, 0.1) is 12.5 Å². The second-order valence-corrected chi connectivity index (χ2v) is 3.16. The van der Waals surface area contributed by atoms with Crippen LogP contribution in [0.1, 0.15) is 30.3 Å². The molecule has 1 N–H and O–H groups in total. The summed E-state index contributed by atoms with van der Waals surface area (Å²) in [7, 11) is 0. The van der Waals surface area contributed by atoms with Crippen LogP contribution in [0.3, 0.4) is 0 Å². The molecule has 0 aliphatic carbocycles. The highest BCUT2D eigenvalue weighted by Crippen LogP contribution is 1.99. The van der Waals surface area contributed by atoms with Crippen molar-refractivity contribution in [2.24, 2.45) is 0 Å². The number of nitrogens with zero attached hydrogens (tertiary/aromatic N) is 2. The van der Waals surface area contributed by atoms with Gasteiger partial charge in [0.2, 0.25) is 0 Å². The molecule has 1 amide bonds. The van der Waals surface area contributed by atoms with Gasteiger partial charge < -0.3 is 5.32 Å². The molecule has 0 saturated carbocycles. The Bertz CT molecular complexity index is 356. The number of hydrogen-bond donors (Lipinski definition) is 1. The summed E-state index contributed by atoms with van der Waals surface area (Å²) >= 11 is 0. The fourth-order valence-corrected chi connectivity index (χ4v) is 1.16. The molecule has 15 heavy (non-hydrogen) atoms. The van der Waals surface area contributed by atoms with E-state index in [0.29, 0.717) is 12.1 Å². The highest BCUT2D eigenvalue weighted by molar-refractivity contribution is 5.92. The number of amides is 1. The van der Waals surface area contributed by atoms with Gasteiger partial charge in [0, 0.05) is 12.2 Å². The van der Waals surface area contributed by atoms with Gasteiger partial charge in [-0.05, 0) is 18.6 Å². The normalized spacial score (nSPS) is 11.5. The zero-order valence-electron chi connectivity index (χ0n) is 8.60. The number of aromatic nitrogens is 1. The Morgan fingerprint density at radius 3 is 3.00 bits per heavy atom. The molecule has 0 saturated heterocycles. The minimum atomic E-state index is -0.224. The van der Waals surface area contributed by atoms with Gasteiger partial charge in [-0.15, -0.1) is 0 Å². The zero-order chi connectivity index (χ0) is 11.1. The largest absolute Gasteiger partial charge is 0.347 e. The SMILES string of the molecule is CCC(CC#N)NC(=O)c1ccccn1. The van der Waals surface area contributed by atoms with Gasteiger partial charge >= 0.3 is 0 Å². The Morgan fingerprint density at radius 1 is 1.67 bits per heavy atom. The summed E-state index contributed by atoms with van der Waals surface area (Å²) in [4.78, 5) is 15.5. The van der Waals surface area contributed by atoms with E-state index in [0.717, 1.165) is 6.42 Å². The van der Waals surface area contributed by atoms with Crippen LogP contribution in [-0.4, -0.2) is 16.9 Å². The van der Waals surface area contributed by atoms with Crippen molar-refractivity contribution >= 4 is 5.91 Å². The molecule has 0 spiro atoms. The van der Waals surface area contributed by atoms with Crippen molar-refractivity contribution in [1.82, 2.24) is 10.3 Å². The first-order valence-electron chi connectivity index (χ1n) is 4.86. The van der Waals surface area contributed by atoms with E-state index in [2.05, 4.69) is 10.3 Å². The van der Waals surface area contributed by atoms with E-state index in [-0.39, 0.29) is 11.9 Å². The average Bonchev–Trinajstić information content (AvgIpc) is 2.29. The zero-order valence-corrected chi connectivity index (χ0v) is 8.60. The summed E-state index contributed by atoms with van der Waals surface area (Å²) in [6.45, 7) is 1.93. The van der Waals surface area contributed by atoms with E-state index in [1.54, 1.807) is 24.4 Å². The first-order valence-corrected chi connectivity index (χ1v) is 4.86. The van der Waals surface area contributed by atoms with Crippen LogP contribution in [-0.2, 0) is 0 Å². The fourth-order valence-electron chi connectivity index (χ4n) is 1.16. The molecule has 1 atom stereocenters. The smallest absolute Gasteiger partial charge is 0.270 e. The molecule has 0 bridgehead atoms. The number of pyridine rings is 1. The minimum Gasteiger partial charge on any atom is -0.347 e. The van der Waals surface area contributed by atoms with Crippen LogP contribution in [0.5, 0.6) is 0 Å². The topological polar surface area (TPSA) is 65.8 Å². The Hall–Kier alpha value is -1.89. The number of nitriles is 1. The van der Waals surface area contributed by atoms with Crippen molar-refractivity contribution < 1.29 is 4.79 Å². The lowest BCUT2D eigenvalue weighted by Crippen LogP contribution is -2.34. The van der Waals surface area contributed by atoms with E-state index >= 15 is 0 Å². The Balaban J connectivity index is 2.59. The van der Waals surface area contributed by atoms with Gasteiger partial charge in [-0.25, -0.2) is 0 Å². The lowest BCUT2D eigenvalue weighted by molar-refractivity contribution is 0.0931. The van der Waals surface area contributed by atoms with E-state index in [1.165, 1.54) is 0 Å². The number of hydrogen-bond acceptors (Lipinski definition) is 3. The molecule has 1 aromatic rings. The molecular weight excluding hydrogens is 190 g/mol. The van der Waals surface area contributed by atoms with Crippen molar-refractivity contribution in [2.45, 2.75) is 25.8 Å². The summed E-state index contributed by atoms with van der Waals surface area (Å²) in [5, 5.41) is 11.3. The third-order valence-corrected chi connectivity index (χ3v) is 2.06. The van der Waals surface area contributed by atoms with Gasteiger partial charge in [0.1, 0.15) is 5.69 Å². The Kier molecular flexibility index (Phi) is 4.30. The molecule has 0 radical (unpaired) electrons. The van der Waals surface area contributed by atoms with Gasteiger partial charge in [0.25, 0.3) is 5.91 Å². The maximum absolute atomic E-state index is 11.6. The van der Waals surface area contributed by atoms with Crippen molar-refractivity contribution in [3.05, 3.63) is 30.1 Å². The molecule has 0 aliphatic rings. The first-order chi connectivity index (χ1) is 7.27. The highest BCUT2D eigenvalue weighted by Gasteiger charge is 2.11. The molecule has 0 fully saturated rings. The molecule has 1 rings (SSSR count). The lowest BCUT2D eigenvalue weighted by Gasteiger charge is -2.12. The Morgan fingerprint density at radius 2 is 2.47 bits per heavy atom. The third kappa shape index (κ3) is 3.39. The van der Waals surface area contributed by atoms with Gasteiger partial charge in [0.15, 0.2) is 0 Å². The number of carbonyl (C=O) groups is 1. The van der Waals surface area contributed by atoms with Crippen LogP contribution in [0, 0.1) is 11.3 Å². The molecular formula is C11H13N3O. The number of nitrogens with one attached hydrogen (secondary N) is 1. The monoisotopic (exact) mass is 203 g/mol. The molecule has 78 valence electrons. The maximum atomic E-state index is 11.6. The van der Waals surface area contributed by atoms with Gasteiger partial charge in [-0.2, -0.15) is 5.26 Å². The predicted molar refractivity (Wildman–Crippen MR) is 56.0 cm³/mol. The third-order valence-electron chi connectivity index (χ3n) is 2.06. The van der Waals surface area contributed by atoms with Crippen molar-refractivity contribution in [3.63, 3.8) is 0 Å². The van der Waals surface area contributed by atoms with Crippen LogP contribution in [0.15, 0.2) is 24.4 Å². The molecule has 1 heterocycles. The van der Waals surface area contributed by atoms with Crippen molar-refractivity contribution in [3.8, 4) is 6.07 Å². The van der Waals surface area contributed by atoms with E-state index in [1.807, 2.05) is 13.0 Å². The summed E-state index contributed by atoms with van der Waals surface area (Å²) in [6, 6.07) is 7.11. The van der Waals surface area contributed by atoms with Crippen LogP contribution < -0.4 is 5.32 Å². The van der Waals surface area contributed by atoms with Crippen LogP contribution >= 0.6 is 0 Å². The van der Waals surface area contributed by atoms with Crippen LogP contribution in [0.4, 0.5) is 0 Å². The first kappa shape index (κ1) is 11.2. The molecule has 0 aliphatic heterocycles.